The largest absolute Gasteiger partial charge is 0.333 e. The molecular weight excluding hydrogens is 186 g/mol. The summed E-state index contributed by atoms with van der Waals surface area (Å²) in [6.07, 6.45) is 12.7. The Balaban J connectivity index is 1.73. The molecule has 0 aliphatic heterocycles. The van der Waals surface area contributed by atoms with Gasteiger partial charge in [0.2, 0.25) is 0 Å². The van der Waals surface area contributed by atoms with E-state index in [9.17, 15) is 0 Å². The van der Waals surface area contributed by atoms with Crippen molar-refractivity contribution < 1.29 is 0 Å². The Hall–Kier alpha value is -0.830. The fourth-order valence-electron chi connectivity index (χ4n) is 2.28. The monoisotopic (exact) mass is 207 g/mol. The summed E-state index contributed by atoms with van der Waals surface area (Å²) < 4.78 is 2.16. The molecule has 1 aromatic heterocycles. The van der Waals surface area contributed by atoms with E-state index in [2.05, 4.69) is 21.8 Å². The first-order chi connectivity index (χ1) is 7.36. The standard InChI is InChI=1S/C12H21N3/c1-11(15-8-7-13-10-15)9-14-12-5-3-2-4-6-12/h7-8,10-12,14H,2-6,9H2,1H3. The summed E-state index contributed by atoms with van der Waals surface area (Å²) in [5.74, 6) is 0. The molecule has 1 aliphatic rings. The van der Waals surface area contributed by atoms with Crippen LogP contribution in [0, 0.1) is 0 Å². The minimum Gasteiger partial charge on any atom is -0.333 e. The van der Waals surface area contributed by atoms with Gasteiger partial charge in [0.15, 0.2) is 0 Å². The van der Waals surface area contributed by atoms with Crippen LogP contribution >= 0.6 is 0 Å². The lowest BCUT2D eigenvalue weighted by atomic mass is 9.95. The molecule has 1 atom stereocenters. The third-order valence-electron chi connectivity index (χ3n) is 3.34. The number of nitrogens with zero attached hydrogens (tertiary/aromatic N) is 2. The molecule has 3 heteroatoms. The van der Waals surface area contributed by atoms with Crippen molar-refractivity contribution in [2.24, 2.45) is 0 Å². The van der Waals surface area contributed by atoms with Crippen molar-refractivity contribution >= 4 is 0 Å². The van der Waals surface area contributed by atoms with Crippen LogP contribution in [0.3, 0.4) is 0 Å². The number of hydrogen-bond donors (Lipinski definition) is 1. The first kappa shape index (κ1) is 10.7. The zero-order chi connectivity index (χ0) is 10.5. The number of nitrogens with one attached hydrogen (secondary N) is 1. The molecule has 1 unspecified atom stereocenters. The van der Waals surface area contributed by atoms with Crippen molar-refractivity contribution in [2.45, 2.75) is 51.1 Å². The van der Waals surface area contributed by atoms with Crippen LogP contribution in [0.5, 0.6) is 0 Å². The van der Waals surface area contributed by atoms with Gasteiger partial charge in [-0.3, -0.25) is 0 Å². The average Bonchev–Trinajstić information content (AvgIpc) is 2.81. The lowest BCUT2D eigenvalue weighted by Gasteiger charge is -2.25. The Bertz CT molecular complexity index is 262. The van der Waals surface area contributed by atoms with Crippen LogP contribution in [0.15, 0.2) is 18.7 Å². The van der Waals surface area contributed by atoms with Crippen molar-refractivity contribution in [1.29, 1.82) is 0 Å². The molecule has 2 rings (SSSR count). The fourth-order valence-corrected chi connectivity index (χ4v) is 2.28. The van der Waals surface area contributed by atoms with Crippen molar-refractivity contribution in [1.82, 2.24) is 14.9 Å². The zero-order valence-corrected chi connectivity index (χ0v) is 9.52. The molecule has 1 aliphatic carbocycles. The quantitative estimate of drug-likeness (QED) is 0.821. The maximum Gasteiger partial charge on any atom is 0.0948 e. The molecule has 0 saturated heterocycles. The molecule has 15 heavy (non-hydrogen) atoms. The number of rotatable bonds is 4. The van der Waals surface area contributed by atoms with E-state index < -0.39 is 0 Å². The molecule has 0 aromatic carbocycles. The van der Waals surface area contributed by atoms with E-state index in [-0.39, 0.29) is 0 Å². The number of aromatic nitrogens is 2. The second kappa shape index (κ2) is 5.31. The van der Waals surface area contributed by atoms with E-state index in [4.69, 9.17) is 0 Å². The third kappa shape index (κ3) is 3.06. The lowest BCUT2D eigenvalue weighted by Crippen LogP contribution is -2.34. The number of imidazole rings is 1. The SMILES string of the molecule is CC(CNC1CCCCC1)n1ccnc1. The van der Waals surface area contributed by atoms with Crippen LogP contribution in [0.2, 0.25) is 0 Å². The van der Waals surface area contributed by atoms with E-state index in [1.54, 1.807) is 0 Å². The Morgan fingerprint density at radius 3 is 2.87 bits per heavy atom. The van der Waals surface area contributed by atoms with Gasteiger partial charge < -0.3 is 9.88 Å². The smallest absolute Gasteiger partial charge is 0.0948 e. The van der Waals surface area contributed by atoms with Gasteiger partial charge in [0.05, 0.1) is 6.33 Å². The van der Waals surface area contributed by atoms with Gasteiger partial charge in [-0.1, -0.05) is 19.3 Å². The first-order valence-electron chi connectivity index (χ1n) is 6.07. The topological polar surface area (TPSA) is 29.9 Å². The van der Waals surface area contributed by atoms with Crippen LogP contribution in [0.1, 0.15) is 45.1 Å². The molecule has 0 radical (unpaired) electrons. The summed E-state index contributed by atoms with van der Waals surface area (Å²) in [5, 5.41) is 3.66. The van der Waals surface area contributed by atoms with Crippen LogP contribution in [-0.2, 0) is 0 Å². The maximum absolute atomic E-state index is 4.07. The highest BCUT2D eigenvalue weighted by Gasteiger charge is 2.13. The van der Waals surface area contributed by atoms with Gasteiger partial charge >= 0.3 is 0 Å². The van der Waals surface area contributed by atoms with E-state index in [1.165, 1.54) is 32.1 Å². The summed E-state index contributed by atoms with van der Waals surface area (Å²) >= 11 is 0. The summed E-state index contributed by atoms with van der Waals surface area (Å²) in [4.78, 5) is 4.07. The Morgan fingerprint density at radius 2 is 2.20 bits per heavy atom. The predicted octanol–water partition coefficient (Wildman–Crippen LogP) is 2.37. The van der Waals surface area contributed by atoms with Gasteiger partial charge in [-0.05, 0) is 19.8 Å². The third-order valence-corrected chi connectivity index (χ3v) is 3.34. The van der Waals surface area contributed by atoms with Gasteiger partial charge in [-0.15, -0.1) is 0 Å². The highest BCUT2D eigenvalue weighted by atomic mass is 15.1. The Kier molecular flexibility index (Phi) is 3.78. The molecule has 1 fully saturated rings. The summed E-state index contributed by atoms with van der Waals surface area (Å²) in [5.41, 5.74) is 0. The molecule has 0 amide bonds. The van der Waals surface area contributed by atoms with Crippen LogP contribution < -0.4 is 5.32 Å². The number of hydrogen-bond acceptors (Lipinski definition) is 2. The average molecular weight is 207 g/mol. The van der Waals surface area contributed by atoms with Crippen molar-refractivity contribution in [2.75, 3.05) is 6.54 Å². The van der Waals surface area contributed by atoms with Gasteiger partial charge in [0.25, 0.3) is 0 Å². The van der Waals surface area contributed by atoms with E-state index >= 15 is 0 Å². The molecule has 1 heterocycles. The van der Waals surface area contributed by atoms with Crippen LogP contribution in [-0.4, -0.2) is 22.1 Å². The lowest BCUT2D eigenvalue weighted by molar-refractivity contribution is 0.351. The normalized spacial score (nSPS) is 20.3. The maximum atomic E-state index is 4.07. The minimum atomic E-state index is 0.509. The molecule has 1 saturated carbocycles. The van der Waals surface area contributed by atoms with Gasteiger partial charge in [-0.2, -0.15) is 0 Å². The molecule has 1 N–H and O–H groups in total. The van der Waals surface area contributed by atoms with E-state index in [0.29, 0.717) is 6.04 Å². The fraction of sp³-hybridized carbons (Fsp3) is 0.750. The molecule has 0 bridgehead atoms. The predicted molar refractivity (Wildman–Crippen MR) is 61.8 cm³/mol. The van der Waals surface area contributed by atoms with Crippen molar-refractivity contribution in [3.05, 3.63) is 18.7 Å². The zero-order valence-electron chi connectivity index (χ0n) is 9.52. The molecule has 84 valence electrons. The summed E-state index contributed by atoms with van der Waals surface area (Å²) in [7, 11) is 0. The van der Waals surface area contributed by atoms with Gasteiger partial charge in [-0.25, -0.2) is 4.98 Å². The second-order valence-electron chi connectivity index (χ2n) is 4.60. The Labute approximate surface area is 91.9 Å². The highest BCUT2D eigenvalue weighted by Crippen LogP contribution is 2.17. The second-order valence-corrected chi connectivity index (χ2v) is 4.60. The van der Waals surface area contributed by atoms with Crippen molar-refractivity contribution in [3.8, 4) is 0 Å². The first-order valence-corrected chi connectivity index (χ1v) is 6.07. The summed E-state index contributed by atoms with van der Waals surface area (Å²) in [6, 6.07) is 1.26. The molecule has 0 spiro atoms. The highest BCUT2D eigenvalue weighted by molar-refractivity contribution is 4.81. The molecular formula is C12H21N3. The molecule has 1 aromatic rings. The van der Waals surface area contributed by atoms with Gasteiger partial charge in [0, 0.05) is 31.0 Å². The minimum absolute atomic E-state index is 0.509. The van der Waals surface area contributed by atoms with E-state index in [1.807, 2.05) is 18.7 Å². The Morgan fingerprint density at radius 1 is 1.40 bits per heavy atom. The van der Waals surface area contributed by atoms with Crippen molar-refractivity contribution in [3.63, 3.8) is 0 Å². The van der Waals surface area contributed by atoms with E-state index in [0.717, 1.165) is 12.6 Å². The van der Waals surface area contributed by atoms with Gasteiger partial charge in [0.1, 0.15) is 0 Å². The van der Waals surface area contributed by atoms with Crippen LogP contribution in [0.25, 0.3) is 0 Å². The summed E-state index contributed by atoms with van der Waals surface area (Å²) in [6.45, 7) is 3.29. The van der Waals surface area contributed by atoms with Crippen LogP contribution in [0.4, 0.5) is 0 Å². The molecule has 3 nitrogen and oxygen atoms in total.